The molecule has 1 saturated carbocycles. The molecule has 0 unspecified atom stereocenters. The molecule has 4 rings (SSSR count). The molecule has 146 valence electrons. The average Bonchev–Trinajstić information content (AvgIpc) is 3.11. The summed E-state index contributed by atoms with van der Waals surface area (Å²) in [4.78, 5) is 64.1. The van der Waals surface area contributed by atoms with Crippen LogP contribution in [0.4, 0.5) is 0 Å². The first kappa shape index (κ1) is 18.3. The molecule has 3 atom stereocenters. The van der Waals surface area contributed by atoms with Crippen LogP contribution in [0.15, 0.2) is 24.3 Å². The molecular weight excluding hydrogens is 364 g/mol. The Bertz CT molecular complexity index is 835. The normalized spacial score (nSPS) is 25.0. The first-order chi connectivity index (χ1) is 13.4. The van der Waals surface area contributed by atoms with Crippen LogP contribution in [0, 0.1) is 11.8 Å². The molecule has 1 aromatic rings. The predicted octanol–water partition coefficient (Wildman–Crippen LogP) is 1.35. The Hall–Kier alpha value is -3.03. The van der Waals surface area contributed by atoms with Gasteiger partial charge in [-0.15, -0.1) is 0 Å². The molecule has 8 heteroatoms. The van der Waals surface area contributed by atoms with E-state index in [1.807, 2.05) is 0 Å². The summed E-state index contributed by atoms with van der Waals surface area (Å²) in [5, 5.41) is 0. The third kappa shape index (κ3) is 2.71. The molecule has 2 fully saturated rings. The van der Waals surface area contributed by atoms with Gasteiger partial charge in [0, 0.05) is 0 Å². The van der Waals surface area contributed by atoms with E-state index in [2.05, 4.69) is 0 Å². The van der Waals surface area contributed by atoms with Gasteiger partial charge in [0.05, 0.1) is 23.0 Å². The van der Waals surface area contributed by atoms with E-state index < -0.39 is 30.6 Å². The van der Waals surface area contributed by atoms with Crippen molar-refractivity contribution < 1.29 is 28.7 Å². The van der Waals surface area contributed by atoms with Gasteiger partial charge in [0.1, 0.15) is 6.04 Å². The fraction of sp³-hybridized carbons (Fsp3) is 0.450. The number of hydrogen-bond acceptors (Lipinski definition) is 6. The summed E-state index contributed by atoms with van der Waals surface area (Å²) in [5.74, 6) is -3.28. The zero-order valence-electron chi connectivity index (χ0n) is 15.4. The van der Waals surface area contributed by atoms with Crippen LogP contribution in [-0.4, -0.2) is 52.2 Å². The van der Waals surface area contributed by atoms with Gasteiger partial charge in [-0.3, -0.25) is 24.1 Å². The lowest BCUT2D eigenvalue weighted by atomic mass is 9.81. The highest BCUT2D eigenvalue weighted by Crippen LogP contribution is 2.39. The van der Waals surface area contributed by atoms with Gasteiger partial charge in [-0.05, 0) is 31.9 Å². The number of imide groups is 2. The Morgan fingerprint density at radius 2 is 1.50 bits per heavy atom. The van der Waals surface area contributed by atoms with E-state index in [4.69, 9.17) is 4.74 Å². The summed E-state index contributed by atoms with van der Waals surface area (Å²) < 4.78 is 5.12. The lowest BCUT2D eigenvalue weighted by Gasteiger charge is -2.22. The Morgan fingerprint density at radius 3 is 2.00 bits per heavy atom. The molecule has 0 bridgehead atoms. The standard InChI is InChI=1S/C20H20N2O6/c1-11(22-18(25)14-8-4-5-9-15(14)19(22)26)20(27)28-10-21-16(23)12-6-2-3-7-13(12)17(21)24/h2-3,6-7,11,14-15H,4-5,8-10H2,1H3/t11-,14-,15+/m0/s1. The van der Waals surface area contributed by atoms with Gasteiger partial charge in [-0.2, -0.15) is 0 Å². The van der Waals surface area contributed by atoms with Gasteiger partial charge in [0.25, 0.3) is 11.8 Å². The number of amides is 4. The molecule has 8 nitrogen and oxygen atoms in total. The first-order valence-electron chi connectivity index (χ1n) is 9.40. The minimum absolute atomic E-state index is 0.255. The summed E-state index contributed by atoms with van der Waals surface area (Å²) in [7, 11) is 0. The number of esters is 1. The van der Waals surface area contributed by atoms with Crippen molar-refractivity contribution >= 4 is 29.6 Å². The molecule has 1 saturated heterocycles. The maximum atomic E-state index is 12.6. The van der Waals surface area contributed by atoms with E-state index in [-0.39, 0.29) is 34.8 Å². The monoisotopic (exact) mass is 384 g/mol. The van der Waals surface area contributed by atoms with Crippen molar-refractivity contribution in [1.29, 1.82) is 0 Å². The molecular formula is C20H20N2O6. The number of likely N-dealkylation sites (tertiary alicyclic amines) is 1. The summed E-state index contributed by atoms with van der Waals surface area (Å²) >= 11 is 0. The molecule has 0 spiro atoms. The van der Waals surface area contributed by atoms with Crippen LogP contribution in [0.1, 0.15) is 53.3 Å². The second kappa shape index (κ2) is 6.85. The van der Waals surface area contributed by atoms with Gasteiger partial charge >= 0.3 is 5.97 Å². The lowest BCUT2D eigenvalue weighted by Crippen LogP contribution is -2.45. The zero-order valence-corrected chi connectivity index (χ0v) is 15.4. The molecule has 2 heterocycles. The molecule has 2 aliphatic heterocycles. The van der Waals surface area contributed by atoms with Gasteiger partial charge in [0.2, 0.25) is 11.8 Å². The topological polar surface area (TPSA) is 101 Å². The zero-order chi connectivity index (χ0) is 20.0. The number of nitrogens with zero attached hydrogens (tertiary/aromatic N) is 2. The first-order valence-corrected chi connectivity index (χ1v) is 9.40. The van der Waals surface area contributed by atoms with Gasteiger partial charge in [0.15, 0.2) is 6.73 Å². The number of carbonyl (C=O) groups excluding carboxylic acids is 5. The Morgan fingerprint density at radius 1 is 1.00 bits per heavy atom. The minimum Gasteiger partial charge on any atom is -0.442 e. The fourth-order valence-corrected chi connectivity index (χ4v) is 4.28. The maximum absolute atomic E-state index is 12.6. The molecule has 0 radical (unpaired) electrons. The van der Waals surface area contributed by atoms with Crippen molar-refractivity contribution in [3.63, 3.8) is 0 Å². The van der Waals surface area contributed by atoms with E-state index in [1.165, 1.54) is 19.1 Å². The van der Waals surface area contributed by atoms with Crippen LogP contribution >= 0.6 is 0 Å². The second-order valence-electron chi connectivity index (χ2n) is 7.40. The van der Waals surface area contributed by atoms with Crippen molar-refractivity contribution in [2.45, 2.75) is 38.6 Å². The van der Waals surface area contributed by atoms with E-state index in [1.54, 1.807) is 12.1 Å². The summed E-state index contributed by atoms with van der Waals surface area (Å²) in [6, 6.07) is 5.25. The van der Waals surface area contributed by atoms with E-state index in [0.29, 0.717) is 12.8 Å². The fourth-order valence-electron chi connectivity index (χ4n) is 4.28. The number of hydrogen-bond donors (Lipinski definition) is 0. The second-order valence-corrected chi connectivity index (χ2v) is 7.40. The van der Waals surface area contributed by atoms with Crippen LogP contribution in [-0.2, 0) is 19.1 Å². The third-order valence-electron chi connectivity index (χ3n) is 5.82. The molecule has 1 aromatic carbocycles. The number of rotatable bonds is 4. The average molecular weight is 384 g/mol. The van der Waals surface area contributed by atoms with Crippen molar-refractivity contribution in [3.8, 4) is 0 Å². The molecule has 1 aliphatic carbocycles. The summed E-state index contributed by atoms with van der Waals surface area (Å²) in [6.45, 7) is 0.871. The summed E-state index contributed by atoms with van der Waals surface area (Å²) in [5.41, 5.74) is 0.510. The number of fused-ring (bicyclic) bond motifs is 2. The SMILES string of the molecule is C[C@@H](C(=O)OCN1C(=O)c2ccccc2C1=O)N1C(=O)[C@H]2CCCC[C@H]2C1=O. The molecule has 0 aromatic heterocycles. The molecule has 4 amide bonds. The van der Waals surface area contributed by atoms with E-state index in [9.17, 15) is 24.0 Å². The molecule has 3 aliphatic rings. The van der Waals surface area contributed by atoms with Crippen molar-refractivity contribution in [2.24, 2.45) is 11.8 Å². The number of carbonyl (C=O) groups is 5. The Balaban J connectivity index is 1.42. The summed E-state index contributed by atoms with van der Waals surface area (Å²) in [6.07, 6.45) is 3.10. The van der Waals surface area contributed by atoms with Crippen molar-refractivity contribution in [2.75, 3.05) is 6.73 Å². The lowest BCUT2D eigenvalue weighted by molar-refractivity contribution is -0.159. The van der Waals surface area contributed by atoms with Crippen molar-refractivity contribution in [3.05, 3.63) is 35.4 Å². The highest BCUT2D eigenvalue weighted by Gasteiger charge is 2.51. The van der Waals surface area contributed by atoms with E-state index in [0.717, 1.165) is 22.6 Å². The maximum Gasteiger partial charge on any atom is 0.330 e. The van der Waals surface area contributed by atoms with Crippen LogP contribution in [0.2, 0.25) is 0 Å². The highest BCUT2D eigenvalue weighted by atomic mass is 16.5. The third-order valence-corrected chi connectivity index (χ3v) is 5.82. The quantitative estimate of drug-likeness (QED) is 0.574. The minimum atomic E-state index is -1.10. The van der Waals surface area contributed by atoms with Crippen molar-refractivity contribution in [1.82, 2.24) is 9.80 Å². The number of benzene rings is 1. The predicted molar refractivity (Wildman–Crippen MR) is 94.7 cm³/mol. The smallest absolute Gasteiger partial charge is 0.330 e. The van der Waals surface area contributed by atoms with Crippen LogP contribution in [0.5, 0.6) is 0 Å². The van der Waals surface area contributed by atoms with Gasteiger partial charge in [-0.25, -0.2) is 9.69 Å². The van der Waals surface area contributed by atoms with Crippen LogP contribution in [0.3, 0.4) is 0 Å². The Labute approximate surface area is 161 Å². The highest BCUT2D eigenvalue weighted by molar-refractivity contribution is 6.21. The van der Waals surface area contributed by atoms with Crippen LogP contribution in [0.25, 0.3) is 0 Å². The van der Waals surface area contributed by atoms with Crippen LogP contribution < -0.4 is 0 Å². The molecule has 0 N–H and O–H groups in total. The number of ether oxygens (including phenoxy) is 1. The largest absolute Gasteiger partial charge is 0.442 e. The molecule has 28 heavy (non-hydrogen) atoms. The van der Waals surface area contributed by atoms with E-state index >= 15 is 0 Å². The van der Waals surface area contributed by atoms with Gasteiger partial charge in [-0.1, -0.05) is 25.0 Å². The van der Waals surface area contributed by atoms with Gasteiger partial charge < -0.3 is 4.74 Å². The Kier molecular flexibility index (Phi) is 4.49.